The summed E-state index contributed by atoms with van der Waals surface area (Å²) in [4.78, 5) is 25.6. The van der Waals surface area contributed by atoms with E-state index in [1.165, 1.54) is 38.5 Å². The standard InChI is InChI=1S/C27H20F2O7/c1-32-20-8-4-6-15(25(20)33-2)12-21-24(31)17-9-10-19-23(26(17)36-21)18(13-22(30)35-19)14-5-3-7-16(11-14)34-27(28)29/h3-12,18,27H,13H2,1-2H3/b21-12-/t18-/m0/s1. The number of ether oxygens (including phenoxy) is 5. The summed E-state index contributed by atoms with van der Waals surface area (Å²) in [5.74, 6) is -0.0254. The molecule has 5 rings (SSSR count). The molecule has 0 radical (unpaired) electrons. The molecule has 0 unspecified atom stereocenters. The number of allylic oxidation sites excluding steroid dienone is 1. The van der Waals surface area contributed by atoms with Crippen LogP contribution in [0.5, 0.6) is 28.7 Å². The summed E-state index contributed by atoms with van der Waals surface area (Å²) < 4.78 is 52.3. The van der Waals surface area contributed by atoms with E-state index in [4.69, 9.17) is 18.9 Å². The van der Waals surface area contributed by atoms with E-state index in [-0.39, 0.29) is 35.2 Å². The van der Waals surface area contributed by atoms with Crippen LogP contribution in [0.4, 0.5) is 8.78 Å². The van der Waals surface area contributed by atoms with Gasteiger partial charge >= 0.3 is 12.6 Å². The zero-order valence-electron chi connectivity index (χ0n) is 19.2. The lowest BCUT2D eigenvalue weighted by Gasteiger charge is -2.26. The maximum atomic E-state index is 13.2. The molecule has 0 aromatic heterocycles. The van der Waals surface area contributed by atoms with E-state index in [0.29, 0.717) is 33.8 Å². The first kappa shape index (κ1) is 23.3. The molecule has 2 aliphatic heterocycles. The zero-order valence-corrected chi connectivity index (χ0v) is 19.2. The molecule has 0 N–H and O–H groups in total. The fraction of sp³-hybridized carbons (Fsp3) is 0.185. The van der Waals surface area contributed by atoms with Crippen LogP contribution in [0.15, 0.2) is 60.4 Å². The third-order valence-electron chi connectivity index (χ3n) is 5.99. The maximum Gasteiger partial charge on any atom is 0.387 e. The number of esters is 1. The summed E-state index contributed by atoms with van der Waals surface area (Å²) in [6.45, 7) is -2.99. The molecule has 9 heteroatoms. The Morgan fingerprint density at radius 1 is 1.00 bits per heavy atom. The van der Waals surface area contributed by atoms with Crippen LogP contribution in [0.3, 0.4) is 0 Å². The molecule has 0 saturated heterocycles. The minimum atomic E-state index is -2.99. The molecule has 0 saturated carbocycles. The summed E-state index contributed by atoms with van der Waals surface area (Å²) in [5, 5.41) is 0. The number of carbonyl (C=O) groups excluding carboxylic acids is 2. The van der Waals surface area contributed by atoms with Crippen molar-refractivity contribution >= 4 is 17.8 Å². The van der Waals surface area contributed by atoms with Gasteiger partial charge in [0.2, 0.25) is 5.78 Å². The zero-order chi connectivity index (χ0) is 25.4. The number of rotatable bonds is 6. The van der Waals surface area contributed by atoms with Crippen LogP contribution in [0.25, 0.3) is 6.08 Å². The summed E-state index contributed by atoms with van der Waals surface area (Å²) in [5.41, 5.74) is 1.89. The van der Waals surface area contributed by atoms with Gasteiger partial charge in [-0.3, -0.25) is 9.59 Å². The van der Waals surface area contributed by atoms with E-state index in [1.54, 1.807) is 36.4 Å². The molecule has 0 spiro atoms. The van der Waals surface area contributed by atoms with E-state index in [0.717, 1.165) is 0 Å². The second-order valence-corrected chi connectivity index (χ2v) is 8.06. The Kier molecular flexibility index (Phi) is 6.05. The first-order valence-electron chi connectivity index (χ1n) is 11.0. The molecule has 0 bridgehead atoms. The second kappa shape index (κ2) is 9.33. The number of fused-ring (bicyclic) bond motifs is 3. The first-order valence-corrected chi connectivity index (χ1v) is 11.0. The van der Waals surface area contributed by atoms with Gasteiger partial charge in [-0.05, 0) is 42.0 Å². The highest BCUT2D eigenvalue weighted by molar-refractivity contribution is 6.15. The fourth-order valence-corrected chi connectivity index (χ4v) is 4.47. The SMILES string of the molecule is COc1cccc(/C=C2\Oc3c(ccc4c3[C@H](c3cccc(OC(F)F)c3)CC(=O)O4)C2=O)c1OC. The van der Waals surface area contributed by atoms with Gasteiger partial charge in [0.25, 0.3) is 0 Å². The van der Waals surface area contributed by atoms with Crippen molar-refractivity contribution in [2.45, 2.75) is 19.0 Å². The van der Waals surface area contributed by atoms with Crippen molar-refractivity contribution in [3.05, 3.63) is 82.6 Å². The van der Waals surface area contributed by atoms with Crippen molar-refractivity contribution in [2.75, 3.05) is 14.2 Å². The van der Waals surface area contributed by atoms with Gasteiger partial charge in [0, 0.05) is 17.0 Å². The molecule has 0 fully saturated rings. The van der Waals surface area contributed by atoms with Crippen LogP contribution in [-0.4, -0.2) is 32.6 Å². The van der Waals surface area contributed by atoms with Crippen LogP contribution >= 0.6 is 0 Å². The first-order chi connectivity index (χ1) is 17.4. The molecule has 36 heavy (non-hydrogen) atoms. The van der Waals surface area contributed by atoms with Crippen LogP contribution < -0.4 is 23.7 Å². The lowest BCUT2D eigenvalue weighted by molar-refractivity contribution is -0.135. The number of para-hydroxylation sites is 1. The third-order valence-corrected chi connectivity index (χ3v) is 5.99. The molecule has 2 heterocycles. The van der Waals surface area contributed by atoms with Gasteiger partial charge < -0.3 is 23.7 Å². The Balaban J connectivity index is 1.59. The van der Waals surface area contributed by atoms with E-state index >= 15 is 0 Å². The van der Waals surface area contributed by atoms with E-state index in [1.807, 2.05) is 0 Å². The summed E-state index contributed by atoms with van der Waals surface area (Å²) in [6.07, 6.45) is 1.49. The highest BCUT2D eigenvalue weighted by atomic mass is 19.3. The number of Topliss-reactive ketones (excluding diaryl/α,β-unsaturated/α-hetero) is 1. The van der Waals surface area contributed by atoms with Crippen LogP contribution in [-0.2, 0) is 4.79 Å². The van der Waals surface area contributed by atoms with Crippen molar-refractivity contribution < 1.29 is 42.1 Å². The van der Waals surface area contributed by atoms with Crippen molar-refractivity contribution in [3.8, 4) is 28.7 Å². The average molecular weight is 494 g/mol. The highest BCUT2D eigenvalue weighted by Gasteiger charge is 2.38. The highest BCUT2D eigenvalue weighted by Crippen LogP contribution is 2.49. The molecule has 3 aromatic rings. The second-order valence-electron chi connectivity index (χ2n) is 8.06. The topological polar surface area (TPSA) is 80.3 Å². The minimum Gasteiger partial charge on any atom is -0.493 e. The number of benzene rings is 3. The minimum absolute atomic E-state index is 0.0433. The average Bonchev–Trinajstić information content (AvgIpc) is 3.18. The summed E-state index contributed by atoms with van der Waals surface area (Å²) >= 11 is 0. The maximum absolute atomic E-state index is 13.2. The largest absolute Gasteiger partial charge is 0.493 e. The van der Waals surface area contributed by atoms with Crippen molar-refractivity contribution in [3.63, 3.8) is 0 Å². The lowest BCUT2D eigenvalue weighted by atomic mass is 9.84. The van der Waals surface area contributed by atoms with Gasteiger partial charge in [0.1, 0.15) is 17.2 Å². The quantitative estimate of drug-likeness (QED) is 0.259. The molecule has 3 aromatic carbocycles. The molecule has 7 nitrogen and oxygen atoms in total. The number of hydrogen-bond acceptors (Lipinski definition) is 7. The Morgan fingerprint density at radius 3 is 2.56 bits per heavy atom. The smallest absolute Gasteiger partial charge is 0.387 e. The normalized spacial score (nSPS) is 17.4. The summed E-state index contributed by atoms with van der Waals surface area (Å²) in [6, 6.07) is 14.4. The van der Waals surface area contributed by atoms with Crippen molar-refractivity contribution in [1.29, 1.82) is 0 Å². The number of hydrogen-bond donors (Lipinski definition) is 0. The Hall–Kier alpha value is -4.40. The molecule has 184 valence electrons. The van der Waals surface area contributed by atoms with E-state index in [2.05, 4.69) is 4.74 Å². The Bertz CT molecular complexity index is 1400. The Morgan fingerprint density at radius 2 is 1.81 bits per heavy atom. The van der Waals surface area contributed by atoms with E-state index < -0.39 is 18.5 Å². The van der Waals surface area contributed by atoms with Crippen molar-refractivity contribution in [1.82, 2.24) is 0 Å². The fourth-order valence-electron chi connectivity index (χ4n) is 4.47. The number of halogens is 2. The molecular formula is C27H20F2O7. The van der Waals surface area contributed by atoms with Crippen LogP contribution in [0.2, 0.25) is 0 Å². The lowest BCUT2D eigenvalue weighted by Crippen LogP contribution is -2.21. The number of carbonyl (C=O) groups is 2. The van der Waals surface area contributed by atoms with Crippen LogP contribution in [0, 0.1) is 0 Å². The van der Waals surface area contributed by atoms with Gasteiger partial charge in [-0.25, -0.2) is 0 Å². The Labute approximate surface area is 204 Å². The van der Waals surface area contributed by atoms with Gasteiger partial charge in [-0.1, -0.05) is 24.3 Å². The molecule has 1 atom stereocenters. The number of ketones is 1. The predicted molar refractivity (Wildman–Crippen MR) is 124 cm³/mol. The predicted octanol–water partition coefficient (Wildman–Crippen LogP) is 5.36. The molecule has 2 aliphatic rings. The summed E-state index contributed by atoms with van der Waals surface area (Å²) in [7, 11) is 3.00. The van der Waals surface area contributed by atoms with Gasteiger partial charge in [-0.2, -0.15) is 8.78 Å². The molecular weight excluding hydrogens is 474 g/mol. The van der Waals surface area contributed by atoms with Gasteiger partial charge in [0.05, 0.1) is 26.2 Å². The van der Waals surface area contributed by atoms with Crippen LogP contribution in [0.1, 0.15) is 39.4 Å². The van der Waals surface area contributed by atoms with Gasteiger partial charge in [-0.15, -0.1) is 0 Å². The number of methoxy groups -OCH3 is 2. The van der Waals surface area contributed by atoms with E-state index in [9.17, 15) is 18.4 Å². The molecule has 0 amide bonds. The van der Waals surface area contributed by atoms with Gasteiger partial charge in [0.15, 0.2) is 17.3 Å². The monoisotopic (exact) mass is 494 g/mol. The third kappa shape index (κ3) is 4.13. The van der Waals surface area contributed by atoms with Crippen molar-refractivity contribution in [2.24, 2.45) is 0 Å². The molecule has 0 aliphatic carbocycles. The number of alkyl halides is 2.